The largest absolute Gasteiger partial charge is 0.508 e. The molecule has 0 spiro atoms. The van der Waals surface area contributed by atoms with Gasteiger partial charge >= 0.3 is 0 Å². The first-order valence-corrected chi connectivity index (χ1v) is 18.0. The van der Waals surface area contributed by atoms with E-state index in [2.05, 4.69) is 10.3 Å². The molecule has 7 rings (SSSR count). The van der Waals surface area contributed by atoms with E-state index >= 15 is 0 Å². The maximum absolute atomic E-state index is 13.4. The molecule has 2 aromatic carbocycles. The lowest BCUT2D eigenvalue weighted by Crippen LogP contribution is -2.58. The molecule has 0 unspecified atom stereocenters. The number of phenols is 1. The first-order valence-electron chi connectivity index (χ1n) is 18.0. The minimum absolute atomic E-state index is 0.0218. The van der Waals surface area contributed by atoms with Crippen LogP contribution >= 0.6 is 0 Å². The molecule has 1 fully saturated rings. The number of allylic oxidation sites excluding steroid dienone is 1. The smallest absolute Gasteiger partial charge is 0.220 e. The maximum Gasteiger partial charge on any atom is 0.220 e. The normalized spacial score (nSPS) is 24.6. The van der Waals surface area contributed by atoms with Crippen LogP contribution in [0.3, 0.4) is 0 Å². The summed E-state index contributed by atoms with van der Waals surface area (Å²) in [7, 11) is 0. The summed E-state index contributed by atoms with van der Waals surface area (Å²) < 4.78 is 13.2. The summed E-state index contributed by atoms with van der Waals surface area (Å²) in [5.74, 6) is 0.922. The van der Waals surface area contributed by atoms with Gasteiger partial charge in [-0.3, -0.25) is 14.6 Å². The summed E-state index contributed by atoms with van der Waals surface area (Å²) in [6.07, 6.45) is 0.211. The average Bonchev–Trinajstić information content (AvgIpc) is 3.87. The molecule has 0 bridgehead atoms. The van der Waals surface area contributed by atoms with Gasteiger partial charge in [-0.2, -0.15) is 0 Å². The van der Waals surface area contributed by atoms with Gasteiger partial charge in [0, 0.05) is 55.4 Å². The number of aryl methyl sites for hydroxylation is 1. The Morgan fingerprint density at radius 3 is 2.63 bits per heavy atom. The minimum Gasteiger partial charge on any atom is -0.508 e. The highest BCUT2D eigenvalue weighted by molar-refractivity contribution is 5.96. The number of fused-ring (bicyclic) bond motifs is 3. The average molecular weight is 748 g/mol. The summed E-state index contributed by atoms with van der Waals surface area (Å²) in [4.78, 5) is 43.7. The summed E-state index contributed by atoms with van der Waals surface area (Å²) in [6.45, 7) is 2.98. The number of benzene rings is 2. The third kappa shape index (κ3) is 7.40. The fourth-order valence-corrected chi connectivity index (χ4v) is 7.58. The number of ether oxygens (including phenoxy) is 1. The molecule has 54 heavy (non-hydrogen) atoms. The number of anilines is 1. The lowest BCUT2D eigenvalue weighted by atomic mass is 9.83. The Bertz CT molecular complexity index is 2060. The van der Waals surface area contributed by atoms with Crippen LogP contribution in [0.2, 0.25) is 0 Å². The first-order chi connectivity index (χ1) is 25.8. The predicted molar refractivity (Wildman–Crippen MR) is 195 cm³/mol. The SMILES string of the molecule is Cc1cc(=O)c2cc3c(c(N4C=C5N=CC=C5C4)c2o1)O[C@](C)(CC[C@@H]1CNC(=O)C1)[C@H](OOC[C@@](O)(Cc1ccc(O)cc1)[C@@H](O)[C@H](O)[C@H](O)CO)C3. The Balaban J connectivity index is 1.23. The predicted octanol–water partition coefficient (Wildman–Crippen LogP) is 1.45. The van der Waals surface area contributed by atoms with Gasteiger partial charge in [-0.15, -0.1) is 0 Å². The van der Waals surface area contributed by atoms with Crippen LogP contribution in [0.1, 0.15) is 43.1 Å². The van der Waals surface area contributed by atoms with E-state index in [9.17, 15) is 40.2 Å². The monoisotopic (exact) mass is 747 g/mol. The van der Waals surface area contributed by atoms with E-state index in [1.807, 2.05) is 24.1 Å². The number of nitrogens with zero attached hydrogens (tertiary/aromatic N) is 2. The maximum atomic E-state index is 13.4. The molecule has 0 saturated carbocycles. The highest BCUT2D eigenvalue weighted by atomic mass is 17.2. The van der Waals surface area contributed by atoms with Crippen LogP contribution in [0, 0.1) is 12.8 Å². The summed E-state index contributed by atoms with van der Waals surface area (Å²) in [6, 6.07) is 8.95. The summed E-state index contributed by atoms with van der Waals surface area (Å²) in [5, 5.41) is 66.0. The van der Waals surface area contributed by atoms with Gasteiger partial charge in [-0.1, -0.05) is 12.1 Å². The lowest BCUT2D eigenvalue weighted by molar-refractivity contribution is -0.371. The van der Waals surface area contributed by atoms with Gasteiger partial charge < -0.3 is 50.0 Å². The number of aliphatic imine (C=N–C) groups is 1. The van der Waals surface area contributed by atoms with Gasteiger partial charge in [-0.05, 0) is 62.4 Å². The molecule has 288 valence electrons. The number of phenolic OH excluding ortho intramolecular Hbond substituents is 1. The second kappa shape index (κ2) is 14.9. The molecule has 15 heteroatoms. The molecule has 1 amide bonds. The Morgan fingerprint density at radius 1 is 1.15 bits per heavy atom. The number of aliphatic hydroxyl groups is 5. The van der Waals surface area contributed by atoms with Gasteiger partial charge in [0.1, 0.15) is 59.4 Å². The van der Waals surface area contributed by atoms with Crippen molar-refractivity contribution in [2.24, 2.45) is 10.9 Å². The van der Waals surface area contributed by atoms with Crippen molar-refractivity contribution in [1.82, 2.24) is 5.32 Å². The molecule has 7 N–H and O–H groups in total. The van der Waals surface area contributed by atoms with Gasteiger partial charge in [-0.25, -0.2) is 9.78 Å². The highest BCUT2D eigenvalue weighted by Crippen LogP contribution is 2.49. The van der Waals surface area contributed by atoms with Gasteiger partial charge in [0.05, 0.1) is 24.2 Å². The molecule has 1 aromatic heterocycles. The van der Waals surface area contributed by atoms with Crippen molar-refractivity contribution in [2.45, 2.75) is 81.6 Å². The number of carbonyl (C=O) groups excluding carboxylic acids is 1. The number of rotatable bonds is 14. The van der Waals surface area contributed by atoms with Crippen LogP contribution in [0.5, 0.6) is 11.5 Å². The van der Waals surface area contributed by atoms with E-state index in [1.165, 1.54) is 30.3 Å². The Labute approximate surface area is 310 Å². The Hall–Kier alpha value is -4.61. The molecule has 15 nitrogen and oxygen atoms in total. The third-order valence-corrected chi connectivity index (χ3v) is 10.8. The number of nitrogens with one attached hydrogen (secondary N) is 1. The van der Waals surface area contributed by atoms with Crippen LogP contribution in [0.4, 0.5) is 5.69 Å². The second-order valence-electron chi connectivity index (χ2n) is 14.9. The van der Waals surface area contributed by atoms with E-state index < -0.39 is 48.8 Å². The van der Waals surface area contributed by atoms with E-state index in [4.69, 9.17) is 18.9 Å². The van der Waals surface area contributed by atoms with Crippen molar-refractivity contribution in [3.63, 3.8) is 0 Å². The Kier molecular flexibility index (Phi) is 10.4. The zero-order valence-corrected chi connectivity index (χ0v) is 30.0. The molecule has 7 atom stereocenters. The van der Waals surface area contributed by atoms with Crippen molar-refractivity contribution in [1.29, 1.82) is 0 Å². The fourth-order valence-electron chi connectivity index (χ4n) is 7.58. The number of aromatic hydroxyl groups is 1. The molecule has 5 heterocycles. The fraction of sp³-hybridized carbons (Fsp3) is 0.462. The highest BCUT2D eigenvalue weighted by Gasteiger charge is 2.48. The van der Waals surface area contributed by atoms with Crippen molar-refractivity contribution in [3.8, 4) is 11.5 Å². The van der Waals surface area contributed by atoms with Crippen molar-refractivity contribution in [2.75, 3.05) is 31.2 Å². The molecule has 3 aromatic rings. The number of amides is 1. The van der Waals surface area contributed by atoms with E-state index in [-0.39, 0.29) is 35.8 Å². The molecule has 4 aliphatic heterocycles. The van der Waals surface area contributed by atoms with Crippen molar-refractivity contribution < 1.29 is 54.4 Å². The standard InChI is InChI=1S/C39H45N3O12/c1-21-11-29(45)27-13-25-14-31(54-51-20-39(50,37(49)34(48)30(46)19-43)15-22-3-5-26(44)6-4-22)38(2,9-7-23-12-32(47)41-16-23)53-35(25)33(36(27)52-21)42-17-24-8-10-40-28(24)18-42/h3-6,8,10-11,13,18,23,30-31,34,37,43-44,46,48-50H,7,9,12,14-17,19-20H2,1-2H3,(H,41,47)/t23-,30+,31+,34+,37-,38+,39-/m0/s1. The number of hydrogen-bond acceptors (Lipinski definition) is 14. The molecule has 1 saturated heterocycles. The first kappa shape index (κ1) is 37.7. The second-order valence-corrected chi connectivity index (χ2v) is 14.9. The van der Waals surface area contributed by atoms with E-state index in [0.29, 0.717) is 71.6 Å². The topological polar surface area (TPSA) is 224 Å². The molecule has 0 aliphatic carbocycles. The van der Waals surface area contributed by atoms with Crippen LogP contribution in [-0.2, 0) is 27.4 Å². The zero-order valence-electron chi connectivity index (χ0n) is 30.0. The third-order valence-electron chi connectivity index (χ3n) is 10.8. The van der Waals surface area contributed by atoms with E-state index in [1.54, 1.807) is 19.2 Å². The molecular formula is C39H45N3O12. The van der Waals surface area contributed by atoms with Crippen LogP contribution in [0.15, 0.2) is 74.1 Å². The van der Waals surface area contributed by atoms with Crippen molar-refractivity contribution in [3.05, 3.63) is 87.1 Å². The van der Waals surface area contributed by atoms with Crippen molar-refractivity contribution >= 4 is 28.8 Å². The zero-order chi connectivity index (χ0) is 38.4. The Morgan fingerprint density at radius 2 is 1.93 bits per heavy atom. The quantitative estimate of drug-likeness (QED) is 0.0918. The number of carbonyl (C=O) groups is 1. The summed E-state index contributed by atoms with van der Waals surface area (Å²) >= 11 is 0. The van der Waals surface area contributed by atoms with Gasteiger partial charge in [0.2, 0.25) is 5.91 Å². The minimum atomic E-state index is -2.26. The van der Waals surface area contributed by atoms with Crippen LogP contribution in [0.25, 0.3) is 11.0 Å². The number of hydrogen-bond donors (Lipinski definition) is 7. The number of aliphatic hydroxyl groups excluding tert-OH is 4. The molecule has 4 aliphatic rings. The molecule has 0 radical (unpaired) electrons. The summed E-state index contributed by atoms with van der Waals surface area (Å²) in [5.41, 5.74) is 0.205. The molecular weight excluding hydrogens is 702 g/mol. The van der Waals surface area contributed by atoms with E-state index in [0.717, 1.165) is 11.3 Å². The van der Waals surface area contributed by atoms with Gasteiger partial charge in [0.15, 0.2) is 16.8 Å². The lowest BCUT2D eigenvalue weighted by Gasteiger charge is -2.43. The van der Waals surface area contributed by atoms with Gasteiger partial charge in [0.25, 0.3) is 0 Å². The van der Waals surface area contributed by atoms with Crippen LogP contribution < -0.4 is 20.4 Å². The van der Waals surface area contributed by atoms with Crippen LogP contribution in [-0.4, -0.2) is 105 Å².